The Labute approximate surface area is 117 Å². The lowest BCUT2D eigenvalue weighted by molar-refractivity contribution is 0.0955. The van der Waals surface area contributed by atoms with E-state index in [2.05, 4.69) is 24.1 Å². The maximum absolute atomic E-state index is 5.74. The number of hydrogen-bond acceptors (Lipinski definition) is 3. The molecule has 0 saturated heterocycles. The van der Waals surface area contributed by atoms with Gasteiger partial charge in [-0.15, -0.1) is 0 Å². The number of unbranched alkanes of at least 4 members (excludes halogenated alkanes) is 1. The van der Waals surface area contributed by atoms with Crippen LogP contribution in [0.3, 0.4) is 0 Å². The summed E-state index contributed by atoms with van der Waals surface area (Å²) >= 11 is 0. The largest absolute Gasteiger partial charge is 0.380 e. The number of rotatable bonds is 11. The number of pyridine rings is 1. The highest BCUT2D eigenvalue weighted by Gasteiger charge is 2.05. The molecule has 108 valence electrons. The molecule has 0 radical (unpaired) electrons. The first kappa shape index (κ1) is 16.1. The number of ether oxygens (including phenoxy) is 1. The van der Waals surface area contributed by atoms with Gasteiger partial charge in [0.25, 0.3) is 0 Å². The molecule has 0 aromatic carbocycles. The molecule has 3 nitrogen and oxygen atoms in total. The van der Waals surface area contributed by atoms with E-state index in [0.717, 1.165) is 37.9 Å². The van der Waals surface area contributed by atoms with Crippen LogP contribution in [0.25, 0.3) is 0 Å². The van der Waals surface area contributed by atoms with Gasteiger partial charge in [-0.1, -0.05) is 39.2 Å². The minimum atomic E-state index is 0.732. The first-order valence-corrected chi connectivity index (χ1v) is 7.55. The highest BCUT2D eigenvalue weighted by atomic mass is 16.5. The molecule has 0 aliphatic carbocycles. The van der Waals surface area contributed by atoms with Crippen LogP contribution in [0.1, 0.15) is 45.2 Å². The van der Waals surface area contributed by atoms with E-state index in [1.165, 1.54) is 25.7 Å². The Bertz CT molecular complexity index is 303. The quantitative estimate of drug-likeness (QED) is 0.622. The lowest BCUT2D eigenvalue weighted by Gasteiger charge is -2.14. The molecule has 1 atom stereocenters. The molecule has 0 amide bonds. The normalized spacial score (nSPS) is 12.5. The molecule has 1 rings (SSSR count). The Morgan fingerprint density at radius 3 is 2.89 bits per heavy atom. The predicted octanol–water partition coefficient (Wildman–Crippen LogP) is 3.40. The third kappa shape index (κ3) is 7.96. The predicted molar refractivity (Wildman–Crippen MR) is 80.1 cm³/mol. The fourth-order valence-electron chi connectivity index (χ4n) is 2.01. The summed E-state index contributed by atoms with van der Waals surface area (Å²) in [6.07, 6.45) is 6.95. The van der Waals surface area contributed by atoms with Gasteiger partial charge < -0.3 is 10.1 Å². The van der Waals surface area contributed by atoms with Crippen molar-refractivity contribution < 1.29 is 4.74 Å². The summed E-state index contributed by atoms with van der Waals surface area (Å²) in [6.45, 7) is 7.90. The molecule has 0 aliphatic heterocycles. The fraction of sp³-hybridized carbons (Fsp3) is 0.688. The van der Waals surface area contributed by atoms with Crippen LogP contribution in [0, 0.1) is 5.92 Å². The van der Waals surface area contributed by atoms with Crippen LogP contribution in [0.15, 0.2) is 24.4 Å². The van der Waals surface area contributed by atoms with Crippen molar-refractivity contribution in [1.29, 1.82) is 0 Å². The van der Waals surface area contributed by atoms with Gasteiger partial charge in [0.2, 0.25) is 0 Å². The summed E-state index contributed by atoms with van der Waals surface area (Å²) < 4.78 is 5.74. The number of aromatic nitrogens is 1. The average Bonchev–Trinajstić information content (AvgIpc) is 2.47. The zero-order valence-corrected chi connectivity index (χ0v) is 12.4. The summed E-state index contributed by atoms with van der Waals surface area (Å²) in [4.78, 5) is 4.27. The topological polar surface area (TPSA) is 34.1 Å². The first-order chi connectivity index (χ1) is 9.36. The van der Waals surface area contributed by atoms with Crippen molar-refractivity contribution in [2.24, 2.45) is 5.92 Å². The first-order valence-electron chi connectivity index (χ1n) is 7.55. The fourth-order valence-corrected chi connectivity index (χ4v) is 2.01. The minimum Gasteiger partial charge on any atom is -0.380 e. The van der Waals surface area contributed by atoms with Gasteiger partial charge in [0, 0.05) is 25.9 Å². The molecule has 1 aromatic heterocycles. The van der Waals surface area contributed by atoms with Crippen LogP contribution < -0.4 is 5.32 Å². The average molecular weight is 264 g/mol. The van der Waals surface area contributed by atoms with E-state index < -0.39 is 0 Å². The van der Waals surface area contributed by atoms with E-state index >= 15 is 0 Å². The number of hydrogen-bond donors (Lipinski definition) is 1. The Kier molecular flexibility index (Phi) is 9.29. The molecule has 0 saturated carbocycles. The number of nitrogens with one attached hydrogen (secondary N) is 1. The van der Waals surface area contributed by atoms with E-state index in [1.54, 1.807) is 0 Å². The summed E-state index contributed by atoms with van der Waals surface area (Å²) in [5, 5.41) is 3.35. The Balaban J connectivity index is 1.98. The zero-order chi connectivity index (χ0) is 13.8. The van der Waals surface area contributed by atoms with Gasteiger partial charge in [-0.25, -0.2) is 0 Å². The monoisotopic (exact) mass is 264 g/mol. The maximum atomic E-state index is 5.74. The van der Waals surface area contributed by atoms with Gasteiger partial charge in [0.05, 0.1) is 12.3 Å². The van der Waals surface area contributed by atoms with E-state index in [-0.39, 0.29) is 0 Å². The standard InChI is InChI=1S/C16H28N2O/c1-3-5-8-15(4-2)14-19-12-11-17-13-16-9-6-7-10-18-16/h6-7,9-10,15,17H,3-5,8,11-14H2,1-2H3. The summed E-state index contributed by atoms with van der Waals surface area (Å²) in [5.74, 6) is 0.732. The van der Waals surface area contributed by atoms with Crippen LogP contribution in [0.4, 0.5) is 0 Å². The second-order valence-corrected chi connectivity index (χ2v) is 4.99. The van der Waals surface area contributed by atoms with E-state index in [4.69, 9.17) is 4.74 Å². The Morgan fingerprint density at radius 1 is 1.32 bits per heavy atom. The van der Waals surface area contributed by atoms with E-state index in [9.17, 15) is 0 Å². The van der Waals surface area contributed by atoms with Gasteiger partial charge in [-0.2, -0.15) is 0 Å². The second kappa shape index (κ2) is 10.9. The third-order valence-electron chi connectivity index (χ3n) is 3.35. The second-order valence-electron chi connectivity index (χ2n) is 4.99. The van der Waals surface area contributed by atoms with Crippen molar-refractivity contribution in [3.05, 3.63) is 30.1 Å². The lowest BCUT2D eigenvalue weighted by Crippen LogP contribution is -2.21. The highest BCUT2D eigenvalue weighted by molar-refractivity contribution is 5.02. The molecular weight excluding hydrogens is 236 g/mol. The molecule has 0 fully saturated rings. The minimum absolute atomic E-state index is 0.732. The van der Waals surface area contributed by atoms with Crippen molar-refractivity contribution in [3.63, 3.8) is 0 Å². The Hall–Kier alpha value is -0.930. The van der Waals surface area contributed by atoms with Crippen LogP contribution in [-0.2, 0) is 11.3 Å². The van der Waals surface area contributed by atoms with Crippen LogP contribution >= 0.6 is 0 Å². The van der Waals surface area contributed by atoms with Crippen molar-refractivity contribution in [2.45, 2.75) is 46.1 Å². The lowest BCUT2D eigenvalue weighted by atomic mass is 10.0. The van der Waals surface area contributed by atoms with Crippen LogP contribution in [0.5, 0.6) is 0 Å². The molecular formula is C16H28N2O. The van der Waals surface area contributed by atoms with E-state index in [1.807, 2.05) is 24.4 Å². The molecule has 0 spiro atoms. The summed E-state index contributed by atoms with van der Waals surface area (Å²) in [5.41, 5.74) is 1.08. The van der Waals surface area contributed by atoms with Crippen molar-refractivity contribution >= 4 is 0 Å². The molecule has 1 heterocycles. The Morgan fingerprint density at radius 2 is 2.21 bits per heavy atom. The molecule has 19 heavy (non-hydrogen) atoms. The van der Waals surface area contributed by atoms with Crippen LogP contribution in [0.2, 0.25) is 0 Å². The summed E-state index contributed by atoms with van der Waals surface area (Å²) in [6, 6.07) is 5.99. The molecule has 3 heteroatoms. The van der Waals surface area contributed by atoms with Crippen LogP contribution in [-0.4, -0.2) is 24.7 Å². The van der Waals surface area contributed by atoms with Crippen molar-refractivity contribution in [1.82, 2.24) is 10.3 Å². The SMILES string of the molecule is CCCCC(CC)COCCNCc1ccccn1. The smallest absolute Gasteiger partial charge is 0.0591 e. The van der Waals surface area contributed by atoms with Gasteiger partial charge in [-0.3, -0.25) is 4.98 Å². The zero-order valence-electron chi connectivity index (χ0n) is 12.4. The number of nitrogens with zero attached hydrogens (tertiary/aromatic N) is 1. The highest BCUT2D eigenvalue weighted by Crippen LogP contribution is 2.12. The summed E-state index contributed by atoms with van der Waals surface area (Å²) in [7, 11) is 0. The van der Waals surface area contributed by atoms with Crippen molar-refractivity contribution in [2.75, 3.05) is 19.8 Å². The van der Waals surface area contributed by atoms with Gasteiger partial charge in [-0.05, 0) is 24.5 Å². The van der Waals surface area contributed by atoms with Gasteiger partial charge >= 0.3 is 0 Å². The molecule has 1 unspecified atom stereocenters. The third-order valence-corrected chi connectivity index (χ3v) is 3.35. The van der Waals surface area contributed by atoms with Gasteiger partial charge in [0.15, 0.2) is 0 Å². The maximum Gasteiger partial charge on any atom is 0.0591 e. The molecule has 0 aliphatic rings. The van der Waals surface area contributed by atoms with Crippen molar-refractivity contribution in [3.8, 4) is 0 Å². The van der Waals surface area contributed by atoms with E-state index in [0.29, 0.717) is 0 Å². The molecule has 0 bridgehead atoms. The van der Waals surface area contributed by atoms with Gasteiger partial charge in [0.1, 0.15) is 0 Å². The molecule has 1 aromatic rings. The molecule has 1 N–H and O–H groups in total.